The van der Waals surface area contributed by atoms with E-state index < -0.39 is 0 Å². The second kappa shape index (κ2) is 6.27. The van der Waals surface area contributed by atoms with Crippen molar-refractivity contribution in [3.63, 3.8) is 0 Å². The Morgan fingerprint density at radius 3 is 2.55 bits per heavy atom. The third-order valence-electron chi connectivity index (χ3n) is 3.66. The van der Waals surface area contributed by atoms with E-state index >= 15 is 0 Å². The molecule has 1 aromatic rings. The summed E-state index contributed by atoms with van der Waals surface area (Å²) in [4.78, 5) is 11.2. The molecule has 0 N–H and O–H groups in total. The lowest BCUT2D eigenvalue weighted by molar-refractivity contribution is -0.147. The number of carbonyl (C=O) groups is 1. The molecule has 20 heavy (non-hydrogen) atoms. The van der Waals surface area contributed by atoms with Gasteiger partial charge in [0, 0.05) is 11.8 Å². The quantitative estimate of drug-likeness (QED) is 0.750. The minimum Gasteiger partial charge on any atom is -0.497 e. The summed E-state index contributed by atoms with van der Waals surface area (Å²) in [5.74, 6) is 0.741. The second-order valence-corrected chi connectivity index (χ2v) is 5.85. The Hall–Kier alpha value is -1.55. The van der Waals surface area contributed by atoms with Gasteiger partial charge < -0.3 is 14.2 Å². The van der Waals surface area contributed by atoms with Gasteiger partial charge in [0.1, 0.15) is 11.9 Å². The standard InChI is InChI=1S/C16H22O4/c1-16(2,14-8-9-15(17)20-14)11-19-10-12-4-6-13(18-3)7-5-12/h4-7,14H,8-11H2,1-3H3/t14-/m0/s1. The van der Waals surface area contributed by atoms with Gasteiger partial charge in [-0.15, -0.1) is 0 Å². The smallest absolute Gasteiger partial charge is 0.306 e. The van der Waals surface area contributed by atoms with Gasteiger partial charge in [-0.05, 0) is 24.1 Å². The first-order chi connectivity index (χ1) is 9.51. The van der Waals surface area contributed by atoms with Crippen LogP contribution in [0.25, 0.3) is 0 Å². The maximum Gasteiger partial charge on any atom is 0.306 e. The first kappa shape index (κ1) is 14.9. The van der Waals surface area contributed by atoms with E-state index in [1.165, 1.54) is 0 Å². The fraction of sp³-hybridized carbons (Fsp3) is 0.562. The molecular weight excluding hydrogens is 256 g/mol. The Morgan fingerprint density at radius 2 is 2.00 bits per heavy atom. The van der Waals surface area contributed by atoms with E-state index in [1.807, 2.05) is 24.3 Å². The van der Waals surface area contributed by atoms with E-state index in [1.54, 1.807) is 7.11 Å². The van der Waals surface area contributed by atoms with Gasteiger partial charge in [0.2, 0.25) is 0 Å². The normalized spacial score (nSPS) is 18.9. The number of cyclic esters (lactones) is 1. The molecule has 110 valence electrons. The van der Waals surface area contributed by atoms with E-state index in [0.29, 0.717) is 19.6 Å². The van der Waals surface area contributed by atoms with Crippen LogP contribution in [0.4, 0.5) is 0 Å². The minimum atomic E-state index is -0.154. The maximum atomic E-state index is 11.2. The van der Waals surface area contributed by atoms with Crippen molar-refractivity contribution in [2.45, 2.75) is 39.4 Å². The highest BCUT2D eigenvalue weighted by Gasteiger charge is 2.37. The summed E-state index contributed by atoms with van der Waals surface area (Å²) in [7, 11) is 1.65. The Balaban J connectivity index is 1.80. The van der Waals surface area contributed by atoms with Gasteiger partial charge in [-0.25, -0.2) is 0 Å². The van der Waals surface area contributed by atoms with Crippen LogP contribution in [-0.4, -0.2) is 25.8 Å². The number of hydrogen-bond donors (Lipinski definition) is 0. The second-order valence-electron chi connectivity index (χ2n) is 5.85. The van der Waals surface area contributed by atoms with Crippen molar-refractivity contribution >= 4 is 5.97 Å². The molecule has 1 saturated heterocycles. The average molecular weight is 278 g/mol. The number of ether oxygens (including phenoxy) is 3. The summed E-state index contributed by atoms with van der Waals surface area (Å²) in [6, 6.07) is 7.81. The Labute approximate surface area is 120 Å². The lowest BCUT2D eigenvalue weighted by Crippen LogP contribution is -2.33. The number of benzene rings is 1. The highest BCUT2D eigenvalue weighted by atomic mass is 16.6. The molecule has 1 aliphatic heterocycles. The van der Waals surface area contributed by atoms with Crippen molar-refractivity contribution in [3.8, 4) is 5.75 Å². The molecule has 1 heterocycles. The molecule has 0 spiro atoms. The summed E-state index contributed by atoms with van der Waals surface area (Å²) in [5.41, 5.74) is 0.948. The van der Waals surface area contributed by atoms with Crippen molar-refractivity contribution in [2.24, 2.45) is 5.41 Å². The van der Waals surface area contributed by atoms with Crippen LogP contribution in [0.1, 0.15) is 32.3 Å². The molecule has 1 aliphatic rings. The zero-order valence-electron chi connectivity index (χ0n) is 12.3. The average Bonchev–Trinajstić information content (AvgIpc) is 2.87. The summed E-state index contributed by atoms with van der Waals surface area (Å²) >= 11 is 0. The lowest BCUT2D eigenvalue weighted by atomic mass is 9.86. The molecule has 0 amide bonds. The van der Waals surface area contributed by atoms with Crippen LogP contribution in [0.2, 0.25) is 0 Å². The van der Waals surface area contributed by atoms with E-state index in [2.05, 4.69) is 13.8 Å². The molecule has 0 aliphatic carbocycles. The molecular formula is C16H22O4. The van der Waals surface area contributed by atoms with Crippen LogP contribution >= 0.6 is 0 Å². The van der Waals surface area contributed by atoms with Crippen molar-refractivity contribution in [1.29, 1.82) is 0 Å². The first-order valence-corrected chi connectivity index (χ1v) is 6.91. The molecule has 0 bridgehead atoms. The molecule has 4 heteroatoms. The third-order valence-corrected chi connectivity index (χ3v) is 3.66. The largest absolute Gasteiger partial charge is 0.497 e. The van der Waals surface area contributed by atoms with Crippen molar-refractivity contribution in [2.75, 3.05) is 13.7 Å². The number of hydrogen-bond acceptors (Lipinski definition) is 4. The predicted molar refractivity (Wildman–Crippen MR) is 75.5 cm³/mol. The zero-order valence-corrected chi connectivity index (χ0v) is 12.3. The molecule has 0 unspecified atom stereocenters. The van der Waals surface area contributed by atoms with Crippen LogP contribution in [0, 0.1) is 5.41 Å². The van der Waals surface area contributed by atoms with Gasteiger partial charge in [-0.2, -0.15) is 0 Å². The monoisotopic (exact) mass is 278 g/mol. The summed E-state index contributed by atoms with van der Waals surface area (Å²) < 4.78 is 16.2. The molecule has 1 aromatic carbocycles. The van der Waals surface area contributed by atoms with E-state index in [0.717, 1.165) is 17.7 Å². The highest BCUT2D eigenvalue weighted by Crippen LogP contribution is 2.32. The summed E-state index contributed by atoms with van der Waals surface area (Å²) in [6.45, 7) is 5.26. The van der Waals surface area contributed by atoms with Gasteiger partial charge in [0.25, 0.3) is 0 Å². The summed E-state index contributed by atoms with van der Waals surface area (Å²) in [5, 5.41) is 0. The Kier molecular flexibility index (Phi) is 4.65. The molecule has 1 atom stereocenters. The maximum absolute atomic E-state index is 11.2. The SMILES string of the molecule is COc1ccc(COCC(C)(C)[C@@H]2CCC(=O)O2)cc1. The highest BCUT2D eigenvalue weighted by molar-refractivity contribution is 5.71. The number of carbonyl (C=O) groups excluding carboxylic acids is 1. The van der Waals surface area contributed by atoms with E-state index in [4.69, 9.17) is 14.2 Å². The van der Waals surface area contributed by atoms with Gasteiger partial charge in [-0.3, -0.25) is 4.79 Å². The molecule has 2 rings (SSSR count). The van der Waals surface area contributed by atoms with Crippen molar-refractivity contribution in [1.82, 2.24) is 0 Å². The van der Waals surface area contributed by atoms with Gasteiger partial charge >= 0.3 is 5.97 Å². The van der Waals surface area contributed by atoms with Gasteiger partial charge in [0.15, 0.2) is 0 Å². The topological polar surface area (TPSA) is 44.8 Å². The minimum absolute atomic E-state index is 0.0362. The van der Waals surface area contributed by atoms with Crippen LogP contribution in [0.3, 0.4) is 0 Å². The first-order valence-electron chi connectivity index (χ1n) is 6.91. The fourth-order valence-electron chi connectivity index (χ4n) is 2.32. The Bertz CT molecular complexity index is 450. The lowest BCUT2D eigenvalue weighted by Gasteiger charge is -2.29. The van der Waals surface area contributed by atoms with Gasteiger partial charge in [0.05, 0.1) is 20.3 Å². The predicted octanol–water partition coefficient (Wildman–Crippen LogP) is 2.94. The van der Waals surface area contributed by atoms with Crippen molar-refractivity contribution in [3.05, 3.63) is 29.8 Å². The van der Waals surface area contributed by atoms with Crippen molar-refractivity contribution < 1.29 is 19.0 Å². The molecule has 1 fully saturated rings. The Morgan fingerprint density at radius 1 is 1.30 bits per heavy atom. The molecule has 4 nitrogen and oxygen atoms in total. The van der Waals surface area contributed by atoms with Crippen LogP contribution in [0.5, 0.6) is 5.75 Å². The summed E-state index contributed by atoms with van der Waals surface area (Å²) in [6.07, 6.45) is 1.27. The van der Waals surface area contributed by atoms with E-state index in [-0.39, 0.29) is 17.5 Å². The number of rotatable bonds is 6. The van der Waals surface area contributed by atoms with Gasteiger partial charge in [-0.1, -0.05) is 26.0 Å². The number of methoxy groups -OCH3 is 1. The third kappa shape index (κ3) is 3.73. The molecule has 0 aromatic heterocycles. The number of esters is 1. The zero-order chi connectivity index (χ0) is 14.6. The van der Waals surface area contributed by atoms with Crippen LogP contribution in [-0.2, 0) is 20.9 Å². The van der Waals surface area contributed by atoms with Crippen LogP contribution < -0.4 is 4.74 Å². The van der Waals surface area contributed by atoms with E-state index in [9.17, 15) is 4.79 Å². The fourth-order valence-corrected chi connectivity index (χ4v) is 2.32. The van der Waals surface area contributed by atoms with Crippen LogP contribution in [0.15, 0.2) is 24.3 Å². The molecule has 0 saturated carbocycles. The molecule has 0 radical (unpaired) electrons.